The standard InChI is InChI=1S/C24H32N2O6.2ClH/c1-28-21-3-2-4-22(14-21)30-12-11-29-17-20(27)16-26-9-7-25(8-10-26)15-19-5-6-23-24(13-19)32-18-31-23;;/h2-6,13-14,20,27H,7-12,15-18H2,1H3;2*1H. The number of piperazine rings is 1. The molecule has 2 aromatic rings. The summed E-state index contributed by atoms with van der Waals surface area (Å²) in [6.45, 7) is 6.78. The number of methoxy groups -OCH3 is 1. The van der Waals surface area contributed by atoms with Crippen molar-refractivity contribution >= 4 is 24.8 Å². The molecule has 1 unspecified atom stereocenters. The van der Waals surface area contributed by atoms with Gasteiger partial charge in [-0.15, -0.1) is 24.8 Å². The Kier molecular flexibility index (Phi) is 12.0. The lowest BCUT2D eigenvalue weighted by Gasteiger charge is -2.35. The Morgan fingerprint density at radius 1 is 0.912 bits per heavy atom. The number of rotatable bonds is 11. The van der Waals surface area contributed by atoms with E-state index in [4.69, 9.17) is 23.7 Å². The normalized spacial score (nSPS) is 16.3. The van der Waals surface area contributed by atoms with Crippen LogP contribution in [0.5, 0.6) is 23.0 Å². The van der Waals surface area contributed by atoms with Gasteiger partial charge >= 0.3 is 0 Å². The molecule has 0 aromatic heterocycles. The van der Waals surface area contributed by atoms with E-state index < -0.39 is 6.10 Å². The van der Waals surface area contributed by atoms with Crippen molar-refractivity contribution < 1.29 is 28.8 Å². The highest BCUT2D eigenvalue weighted by Crippen LogP contribution is 2.32. The van der Waals surface area contributed by atoms with Gasteiger partial charge in [-0.1, -0.05) is 12.1 Å². The highest BCUT2D eigenvalue weighted by atomic mass is 35.5. The summed E-state index contributed by atoms with van der Waals surface area (Å²) in [5.41, 5.74) is 1.23. The third-order valence-corrected chi connectivity index (χ3v) is 5.62. The Bertz CT molecular complexity index is 867. The van der Waals surface area contributed by atoms with Crippen LogP contribution in [0.2, 0.25) is 0 Å². The SMILES string of the molecule is COc1cccc(OCCOCC(O)CN2CCN(Cc3ccc4c(c3)OCO4)CC2)c1.Cl.Cl. The van der Waals surface area contributed by atoms with Crippen LogP contribution in [-0.4, -0.2) is 87.5 Å². The first-order valence-corrected chi connectivity index (χ1v) is 11.1. The summed E-state index contributed by atoms with van der Waals surface area (Å²) >= 11 is 0. The maximum absolute atomic E-state index is 10.3. The summed E-state index contributed by atoms with van der Waals surface area (Å²) < 4.78 is 27.3. The fourth-order valence-corrected chi connectivity index (χ4v) is 3.91. The van der Waals surface area contributed by atoms with Crippen molar-refractivity contribution in [3.05, 3.63) is 48.0 Å². The zero-order chi connectivity index (χ0) is 22.2. The molecule has 8 nitrogen and oxygen atoms in total. The minimum atomic E-state index is -0.507. The number of aliphatic hydroxyl groups is 1. The van der Waals surface area contributed by atoms with Crippen molar-refractivity contribution in [3.63, 3.8) is 0 Å². The lowest BCUT2D eigenvalue weighted by atomic mass is 10.1. The van der Waals surface area contributed by atoms with Gasteiger partial charge in [0.1, 0.15) is 18.1 Å². The van der Waals surface area contributed by atoms with Crippen LogP contribution in [0, 0.1) is 0 Å². The lowest BCUT2D eigenvalue weighted by molar-refractivity contribution is -0.000448. The Morgan fingerprint density at radius 3 is 2.44 bits per heavy atom. The van der Waals surface area contributed by atoms with Crippen molar-refractivity contribution in [1.29, 1.82) is 0 Å². The van der Waals surface area contributed by atoms with Gasteiger partial charge in [-0.05, 0) is 29.8 Å². The quantitative estimate of drug-likeness (QED) is 0.457. The summed E-state index contributed by atoms with van der Waals surface area (Å²) in [4.78, 5) is 4.71. The van der Waals surface area contributed by atoms with E-state index in [1.54, 1.807) is 7.11 Å². The van der Waals surface area contributed by atoms with Gasteiger partial charge in [0.25, 0.3) is 0 Å². The number of fused-ring (bicyclic) bond motifs is 1. The molecule has 1 atom stereocenters. The Labute approximate surface area is 213 Å². The van der Waals surface area contributed by atoms with Crippen molar-refractivity contribution in [2.24, 2.45) is 0 Å². The predicted octanol–water partition coefficient (Wildman–Crippen LogP) is 2.84. The second-order valence-electron chi connectivity index (χ2n) is 8.02. The highest BCUT2D eigenvalue weighted by Gasteiger charge is 2.20. The first kappa shape index (κ1) is 28.3. The van der Waals surface area contributed by atoms with E-state index >= 15 is 0 Å². The lowest BCUT2D eigenvalue weighted by Crippen LogP contribution is -2.48. The van der Waals surface area contributed by atoms with Crippen LogP contribution < -0.4 is 18.9 Å². The first-order chi connectivity index (χ1) is 15.7. The molecule has 34 heavy (non-hydrogen) atoms. The molecule has 2 aliphatic heterocycles. The zero-order valence-corrected chi connectivity index (χ0v) is 21.0. The number of nitrogens with zero attached hydrogens (tertiary/aromatic N) is 2. The van der Waals surface area contributed by atoms with E-state index in [9.17, 15) is 5.11 Å². The Hall–Kier alpha value is -1.94. The monoisotopic (exact) mass is 516 g/mol. The number of aliphatic hydroxyl groups excluding tert-OH is 1. The molecule has 0 saturated carbocycles. The van der Waals surface area contributed by atoms with Crippen LogP contribution in [0.15, 0.2) is 42.5 Å². The van der Waals surface area contributed by atoms with Gasteiger partial charge in [-0.2, -0.15) is 0 Å². The zero-order valence-electron chi connectivity index (χ0n) is 19.4. The summed E-state index contributed by atoms with van der Waals surface area (Å²) in [5.74, 6) is 3.15. The molecule has 2 heterocycles. The molecule has 4 rings (SSSR count). The van der Waals surface area contributed by atoms with Crippen LogP contribution >= 0.6 is 24.8 Å². The number of benzene rings is 2. The van der Waals surface area contributed by atoms with Gasteiger partial charge in [0.05, 0.1) is 26.4 Å². The van der Waals surface area contributed by atoms with Gasteiger partial charge in [-0.25, -0.2) is 0 Å². The summed E-state index contributed by atoms with van der Waals surface area (Å²) in [6.07, 6.45) is -0.507. The number of hydrogen-bond acceptors (Lipinski definition) is 8. The van der Waals surface area contributed by atoms with E-state index in [1.165, 1.54) is 5.56 Å². The average Bonchev–Trinajstić information content (AvgIpc) is 3.28. The van der Waals surface area contributed by atoms with E-state index in [0.29, 0.717) is 33.2 Å². The maximum Gasteiger partial charge on any atom is 0.231 e. The maximum atomic E-state index is 10.3. The number of β-amino-alcohol motifs (C(OH)–C–C–N with tert-alkyl or cyclic N) is 1. The molecule has 1 saturated heterocycles. The highest BCUT2D eigenvalue weighted by molar-refractivity contribution is 5.85. The van der Waals surface area contributed by atoms with Crippen LogP contribution in [-0.2, 0) is 11.3 Å². The second kappa shape index (κ2) is 14.5. The summed E-state index contributed by atoms with van der Waals surface area (Å²) in [5, 5.41) is 10.3. The molecule has 1 fully saturated rings. The third-order valence-electron chi connectivity index (χ3n) is 5.62. The number of halogens is 2. The fourth-order valence-electron chi connectivity index (χ4n) is 3.91. The molecule has 0 amide bonds. The minimum absolute atomic E-state index is 0. The number of ether oxygens (including phenoxy) is 5. The molecule has 190 valence electrons. The predicted molar refractivity (Wildman–Crippen MR) is 134 cm³/mol. The van der Waals surface area contributed by atoms with Gasteiger partial charge in [0, 0.05) is 45.3 Å². The number of hydrogen-bond donors (Lipinski definition) is 1. The van der Waals surface area contributed by atoms with Crippen molar-refractivity contribution in [2.75, 3.05) is 66.4 Å². The largest absolute Gasteiger partial charge is 0.497 e. The molecule has 0 spiro atoms. The summed E-state index contributed by atoms with van der Waals surface area (Å²) in [7, 11) is 1.63. The van der Waals surface area contributed by atoms with Crippen molar-refractivity contribution in [1.82, 2.24) is 9.80 Å². The van der Waals surface area contributed by atoms with Crippen LogP contribution in [0.1, 0.15) is 5.56 Å². The Morgan fingerprint density at radius 2 is 1.65 bits per heavy atom. The van der Waals surface area contributed by atoms with E-state index in [0.717, 1.165) is 55.7 Å². The molecular formula is C24H34Cl2N2O6. The topological polar surface area (TPSA) is 72.9 Å². The molecule has 2 aromatic carbocycles. The van der Waals surface area contributed by atoms with Crippen molar-refractivity contribution in [3.8, 4) is 23.0 Å². The third kappa shape index (κ3) is 8.37. The molecule has 1 N–H and O–H groups in total. The molecule has 0 bridgehead atoms. The molecule has 0 radical (unpaired) electrons. The van der Waals surface area contributed by atoms with E-state index in [-0.39, 0.29) is 24.8 Å². The first-order valence-electron chi connectivity index (χ1n) is 11.1. The summed E-state index contributed by atoms with van der Waals surface area (Å²) in [6, 6.07) is 13.6. The van der Waals surface area contributed by atoms with Crippen molar-refractivity contribution in [2.45, 2.75) is 12.6 Å². The van der Waals surface area contributed by atoms with Gasteiger partial charge < -0.3 is 28.8 Å². The van der Waals surface area contributed by atoms with Gasteiger partial charge in [-0.3, -0.25) is 9.80 Å². The average molecular weight is 517 g/mol. The molecular weight excluding hydrogens is 483 g/mol. The van der Waals surface area contributed by atoms with Crippen LogP contribution in [0.4, 0.5) is 0 Å². The molecule has 0 aliphatic carbocycles. The van der Waals surface area contributed by atoms with Gasteiger partial charge in [0.15, 0.2) is 11.5 Å². The fraction of sp³-hybridized carbons (Fsp3) is 0.500. The smallest absolute Gasteiger partial charge is 0.231 e. The second-order valence-corrected chi connectivity index (χ2v) is 8.02. The van der Waals surface area contributed by atoms with Gasteiger partial charge in [0.2, 0.25) is 6.79 Å². The molecule has 2 aliphatic rings. The minimum Gasteiger partial charge on any atom is -0.497 e. The van der Waals surface area contributed by atoms with E-state index in [1.807, 2.05) is 30.3 Å². The van der Waals surface area contributed by atoms with Crippen LogP contribution in [0.25, 0.3) is 0 Å². The van der Waals surface area contributed by atoms with Crippen LogP contribution in [0.3, 0.4) is 0 Å². The molecule has 10 heteroatoms. The van der Waals surface area contributed by atoms with E-state index in [2.05, 4.69) is 21.9 Å². The Balaban J connectivity index is 0.00000204.